The van der Waals surface area contributed by atoms with E-state index in [0.717, 1.165) is 19.4 Å². The van der Waals surface area contributed by atoms with E-state index in [2.05, 4.69) is 5.32 Å². The number of carboxylic acids is 1. The van der Waals surface area contributed by atoms with Crippen LogP contribution in [-0.2, 0) is 15.1 Å². The molecular formula is C14H19NO4. The number of nitrogens with one attached hydrogen (secondary N) is 1. The fourth-order valence-electron chi connectivity index (χ4n) is 2.22. The highest BCUT2D eigenvalue weighted by molar-refractivity contribution is 5.80. The predicted octanol–water partition coefficient (Wildman–Crippen LogP) is 1.46. The zero-order valence-electron chi connectivity index (χ0n) is 10.9. The summed E-state index contributed by atoms with van der Waals surface area (Å²) < 4.78 is 5.49. The number of carbonyl (C=O) groups is 1. The third-order valence-electron chi connectivity index (χ3n) is 3.58. The highest BCUT2D eigenvalue weighted by Gasteiger charge is 2.35. The molecule has 104 valence electrons. The summed E-state index contributed by atoms with van der Waals surface area (Å²) in [6.07, 6.45) is 2.06. The summed E-state index contributed by atoms with van der Waals surface area (Å²) in [5, 5.41) is 21.8. The van der Waals surface area contributed by atoms with Gasteiger partial charge in [-0.25, -0.2) is 4.79 Å². The maximum absolute atomic E-state index is 11.5. The molecule has 5 heteroatoms. The van der Waals surface area contributed by atoms with Crippen molar-refractivity contribution in [3.8, 4) is 5.75 Å². The zero-order chi connectivity index (χ0) is 13.9. The Bertz CT molecular complexity index is 439. The fraction of sp³-hybridized carbons (Fsp3) is 0.500. The lowest BCUT2D eigenvalue weighted by molar-refractivity contribution is -0.144. The second-order valence-electron chi connectivity index (χ2n) is 4.99. The van der Waals surface area contributed by atoms with Crippen LogP contribution >= 0.6 is 0 Å². The maximum atomic E-state index is 11.5. The molecule has 1 saturated heterocycles. The molecule has 1 aliphatic rings. The second-order valence-corrected chi connectivity index (χ2v) is 4.99. The van der Waals surface area contributed by atoms with Crippen molar-refractivity contribution in [3.05, 3.63) is 29.8 Å². The van der Waals surface area contributed by atoms with Crippen LogP contribution in [0, 0.1) is 0 Å². The lowest BCUT2D eigenvalue weighted by Crippen LogP contribution is -2.49. The minimum Gasteiger partial charge on any atom is -0.508 e. The number of phenolic OH excluding ortho intramolecular Hbond substituents is 1. The third kappa shape index (κ3) is 3.05. The number of benzene rings is 1. The number of aliphatic carboxylic acids is 1. The van der Waals surface area contributed by atoms with Gasteiger partial charge in [-0.2, -0.15) is 0 Å². The van der Waals surface area contributed by atoms with Gasteiger partial charge in [-0.1, -0.05) is 12.1 Å². The van der Waals surface area contributed by atoms with E-state index in [0.29, 0.717) is 12.1 Å². The number of ether oxygens (including phenoxy) is 1. The molecule has 0 aliphatic carbocycles. The first kappa shape index (κ1) is 13.8. The number of aromatic hydroxyl groups is 1. The average Bonchev–Trinajstić information content (AvgIpc) is 2.89. The minimum absolute atomic E-state index is 0.0794. The number of carboxylic acid groups (broad SMARTS) is 1. The van der Waals surface area contributed by atoms with Gasteiger partial charge in [-0.05, 0) is 37.5 Å². The molecule has 5 nitrogen and oxygen atoms in total. The SMILES string of the molecule is CC(NCC1CCCO1)(C(=O)O)c1ccc(O)cc1. The predicted molar refractivity (Wildman–Crippen MR) is 70.1 cm³/mol. The van der Waals surface area contributed by atoms with Crippen LogP contribution in [0.2, 0.25) is 0 Å². The van der Waals surface area contributed by atoms with Gasteiger partial charge < -0.3 is 14.9 Å². The molecule has 19 heavy (non-hydrogen) atoms. The van der Waals surface area contributed by atoms with E-state index in [4.69, 9.17) is 4.74 Å². The highest BCUT2D eigenvalue weighted by Crippen LogP contribution is 2.24. The van der Waals surface area contributed by atoms with Crippen molar-refractivity contribution in [3.63, 3.8) is 0 Å². The summed E-state index contributed by atoms with van der Waals surface area (Å²) in [5.74, 6) is -0.827. The van der Waals surface area contributed by atoms with Crippen molar-refractivity contribution < 1.29 is 19.7 Å². The van der Waals surface area contributed by atoms with Crippen molar-refractivity contribution >= 4 is 5.97 Å². The number of hydrogen-bond donors (Lipinski definition) is 3. The van der Waals surface area contributed by atoms with Crippen molar-refractivity contribution in [2.45, 2.75) is 31.4 Å². The average molecular weight is 265 g/mol. The minimum atomic E-state index is -1.18. The summed E-state index contributed by atoms with van der Waals surface area (Å²) in [4.78, 5) is 11.5. The Hall–Kier alpha value is -1.59. The van der Waals surface area contributed by atoms with E-state index in [1.54, 1.807) is 19.1 Å². The standard InChI is InChI=1S/C14H19NO4/c1-14(13(17)18,10-4-6-11(16)7-5-10)15-9-12-3-2-8-19-12/h4-7,12,15-16H,2-3,8-9H2,1H3,(H,17,18). The molecule has 3 N–H and O–H groups in total. The molecular weight excluding hydrogens is 246 g/mol. The molecule has 0 spiro atoms. The van der Waals surface area contributed by atoms with E-state index in [1.807, 2.05) is 0 Å². The van der Waals surface area contributed by atoms with Gasteiger partial charge in [0, 0.05) is 13.2 Å². The first-order chi connectivity index (χ1) is 9.02. The van der Waals surface area contributed by atoms with E-state index < -0.39 is 11.5 Å². The molecule has 1 aromatic rings. The first-order valence-electron chi connectivity index (χ1n) is 6.42. The maximum Gasteiger partial charge on any atom is 0.328 e. The molecule has 0 amide bonds. The Kier molecular flexibility index (Phi) is 4.07. The largest absolute Gasteiger partial charge is 0.508 e. The summed E-state index contributed by atoms with van der Waals surface area (Å²) >= 11 is 0. The Morgan fingerprint density at radius 2 is 2.16 bits per heavy atom. The number of rotatable bonds is 5. The van der Waals surface area contributed by atoms with Crippen molar-refractivity contribution in [2.24, 2.45) is 0 Å². The molecule has 1 heterocycles. The highest BCUT2D eigenvalue weighted by atomic mass is 16.5. The molecule has 1 aliphatic heterocycles. The molecule has 2 unspecified atom stereocenters. The van der Waals surface area contributed by atoms with Crippen LogP contribution in [0.5, 0.6) is 5.75 Å². The summed E-state index contributed by atoms with van der Waals surface area (Å²) in [5.41, 5.74) is -0.574. The molecule has 2 atom stereocenters. The van der Waals surface area contributed by atoms with Crippen LogP contribution in [-0.4, -0.2) is 35.4 Å². The fourth-order valence-corrected chi connectivity index (χ4v) is 2.22. The summed E-state index contributed by atoms with van der Waals surface area (Å²) in [6, 6.07) is 6.21. The third-order valence-corrected chi connectivity index (χ3v) is 3.58. The van der Waals surface area contributed by atoms with E-state index in [9.17, 15) is 15.0 Å². The van der Waals surface area contributed by atoms with Gasteiger partial charge in [-0.15, -0.1) is 0 Å². The van der Waals surface area contributed by atoms with Gasteiger partial charge in [0.25, 0.3) is 0 Å². The number of phenols is 1. The van der Waals surface area contributed by atoms with Crippen molar-refractivity contribution in [1.29, 1.82) is 0 Å². The Labute approximate surface area is 112 Å². The second kappa shape index (κ2) is 5.59. The molecule has 0 saturated carbocycles. The Morgan fingerprint density at radius 1 is 1.47 bits per heavy atom. The van der Waals surface area contributed by atoms with Crippen LogP contribution in [0.25, 0.3) is 0 Å². The zero-order valence-corrected chi connectivity index (χ0v) is 10.9. The normalized spacial score (nSPS) is 22.1. The smallest absolute Gasteiger partial charge is 0.328 e. The Balaban J connectivity index is 2.12. The van der Waals surface area contributed by atoms with E-state index in [1.165, 1.54) is 12.1 Å². The van der Waals surface area contributed by atoms with Crippen LogP contribution in [0.1, 0.15) is 25.3 Å². The molecule has 2 rings (SSSR count). The quantitative estimate of drug-likeness (QED) is 0.751. The van der Waals surface area contributed by atoms with Gasteiger partial charge in [-0.3, -0.25) is 5.32 Å². The van der Waals surface area contributed by atoms with Gasteiger partial charge in [0.05, 0.1) is 6.10 Å². The molecule has 0 aromatic heterocycles. The summed E-state index contributed by atoms with van der Waals surface area (Å²) in [6.45, 7) is 2.87. The number of hydrogen-bond acceptors (Lipinski definition) is 4. The summed E-state index contributed by atoms with van der Waals surface area (Å²) in [7, 11) is 0. The Morgan fingerprint density at radius 3 is 2.68 bits per heavy atom. The molecule has 1 aromatic carbocycles. The lowest BCUT2D eigenvalue weighted by atomic mass is 9.91. The van der Waals surface area contributed by atoms with Crippen molar-refractivity contribution in [1.82, 2.24) is 5.32 Å². The van der Waals surface area contributed by atoms with Gasteiger partial charge in [0.1, 0.15) is 11.3 Å². The topological polar surface area (TPSA) is 78.8 Å². The first-order valence-corrected chi connectivity index (χ1v) is 6.42. The van der Waals surface area contributed by atoms with Crippen molar-refractivity contribution in [2.75, 3.05) is 13.2 Å². The van der Waals surface area contributed by atoms with Gasteiger partial charge >= 0.3 is 5.97 Å². The monoisotopic (exact) mass is 265 g/mol. The molecule has 0 radical (unpaired) electrons. The lowest BCUT2D eigenvalue weighted by Gasteiger charge is -2.28. The van der Waals surface area contributed by atoms with Crippen LogP contribution in [0.3, 0.4) is 0 Å². The van der Waals surface area contributed by atoms with Gasteiger partial charge in [0.15, 0.2) is 0 Å². The molecule has 1 fully saturated rings. The molecule has 0 bridgehead atoms. The van der Waals surface area contributed by atoms with Gasteiger partial charge in [0.2, 0.25) is 0 Å². The van der Waals surface area contributed by atoms with Crippen LogP contribution < -0.4 is 5.32 Å². The van der Waals surface area contributed by atoms with Crippen LogP contribution in [0.4, 0.5) is 0 Å². The van der Waals surface area contributed by atoms with E-state index in [-0.39, 0.29) is 11.9 Å². The van der Waals surface area contributed by atoms with E-state index >= 15 is 0 Å². The van der Waals surface area contributed by atoms with Crippen LogP contribution in [0.15, 0.2) is 24.3 Å².